The van der Waals surface area contributed by atoms with Crippen molar-refractivity contribution in [3.05, 3.63) is 62.2 Å². The standard InChI is InChI=1S/C27H26FN3O6/c1-3-27(36)16-9-20-24-14(10-31(20)25(34)15(16)11-37-26(27)35)23-19(29-21(33)7-4-12(2)32)8-13-17(28)5-6-18(30-24)22(13)23/h5-6,9,12,19,32,36H,3-4,7-8,10-11H2,1-2H3,(H,29,33)/t12?,19?,27-/m0/s1. The van der Waals surface area contributed by atoms with Crippen LogP contribution in [0, 0.1) is 5.82 Å². The maximum absolute atomic E-state index is 14.9. The first-order chi connectivity index (χ1) is 17.6. The number of hydrogen-bond acceptors (Lipinski definition) is 7. The highest BCUT2D eigenvalue weighted by molar-refractivity contribution is 5.94. The number of aliphatic hydroxyl groups is 2. The topological polar surface area (TPSA) is 131 Å². The number of ether oxygens (including phenoxy) is 1. The lowest BCUT2D eigenvalue weighted by Gasteiger charge is -2.31. The lowest BCUT2D eigenvalue weighted by molar-refractivity contribution is -0.172. The lowest BCUT2D eigenvalue weighted by Crippen LogP contribution is -2.44. The Bertz CT molecular complexity index is 1580. The molecule has 1 aromatic carbocycles. The molecule has 192 valence electrons. The summed E-state index contributed by atoms with van der Waals surface area (Å²) in [5.41, 5.74) is 1.49. The normalized spacial score (nSPS) is 21.9. The highest BCUT2D eigenvalue weighted by Gasteiger charge is 2.46. The number of carbonyl (C=O) groups is 2. The Kier molecular flexibility index (Phi) is 5.26. The number of hydrogen-bond donors (Lipinski definition) is 3. The van der Waals surface area contributed by atoms with Crippen molar-refractivity contribution in [3.8, 4) is 11.4 Å². The van der Waals surface area contributed by atoms with Gasteiger partial charge in [0.25, 0.3) is 5.56 Å². The third-order valence-electron chi connectivity index (χ3n) is 7.83. The average Bonchev–Trinajstić information content (AvgIpc) is 3.43. The number of aliphatic hydroxyl groups excluding tert-OH is 1. The minimum atomic E-state index is -1.94. The molecular formula is C27H26FN3O6. The van der Waals surface area contributed by atoms with E-state index in [2.05, 4.69) is 5.32 Å². The third kappa shape index (κ3) is 3.35. The highest BCUT2D eigenvalue weighted by Crippen LogP contribution is 2.46. The van der Waals surface area contributed by atoms with Gasteiger partial charge in [-0.3, -0.25) is 9.59 Å². The monoisotopic (exact) mass is 507 g/mol. The number of aromatic nitrogens is 2. The number of fused-ring (bicyclic) bond motifs is 5. The summed E-state index contributed by atoms with van der Waals surface area (Å²) in [6.07, 6.45) is 0.0904. The van der Waals surface area contributed by atoms with E-state index in [4.69, 9.17) is 9.72 Å². The Hall–Kier alpha value is -3.63. The van der Waals surface area contributed by atoms with Gasteiger partial charge in [0.1, 0.15) is 12.4 Å². The van der Waals surface area contributed by atoms with Crippen LogP contribution >= 0.6 is 0 Å². The molecule has 6 rings (SSSR count). The molecule has 37 heavy (non-hydrogen) atoms. The molecule has 3 atom stereocenters. The van der Waals surface area contributed by atoms with Gasteiger partial charge in [-0.2, -0.15) is 0 Å². The summed E-state index contributed by atoms with van der Waals surface area (Å²) in [7, 11) is 0. The molecule has 0 bridgehead atoms. The zero-order chi connectivity index (χ0) is 26.2. The molecule has 0 radical (unpaired) electrons. The molecule has 10 heteroatoms. The summed E-state index contributed by atoms with van der Waals surface area (Å²) in [4.78, 5) is 43.4. The smallest absolute Gasteiger partial charge is 0.343 e. The molecule has 0 spiro atoms. The van der Waals surface area contributed by atoms with Gasteiger partial charge in [-0.25, -0.2) is 14.2 Å². The highest BCUT2D eigenvalue weighted by atomic mass is 19.1. The zero-order valence-electron chi connectivity index (χ0n) is 20.4. The Morgan fingerprint density at radius 2 is 2.11 bits per heavy atom. The van der Waals surface area contributed by atoms with Crippen LogP contribution in [-0.2, 0) is 39.5 Å². The average molecular weight is 508 g/mol. The first kappa shape index (κ1) is 23.7. The van der Waals surface area contributed by atoms with Gasteiger partial charge in [0, 0.05) is 29.4 Å². The van der Waals surface area contributed by atoms with Crippen LogP contribution in [-0.4, -0.2) is 37.7 Å². The summed E-state index contributed by atoms with van der Waals surface area (Å²) in [6.45, 7) is 3.18. The number of halogens is 1. The number of nitrogens with zero attached hydrogens (tertiary/aromatic N) is 2. The maximum atomic E-state index is 14.9. The predicted molar refractivity (Wildman–Crippen MR) is 130 cm³/mol. The number of amides is 1. The van der Waals surface area contributed by atoms with Crippen LogP contribution in [0.25, 0.3) is 22.3 Å². The molecule has 3 aromatic rings. The summed E-state index contributed by atoms with van der Waals surface area (Å²) in [6, 6.07) is 4.03. The van der Waals surface area contributed by atoms with Crippen molar-refractivity contribution < 1.29 is 28.9 Å². The number of carbonyl (C=O) groups excluding carboxylic acids is 2. The largest absolute Gasteiger partial charge is 0.458 e. The number of benzene rings is 1. The fourth-order valence-electron chi connectivity index (χ4n) is 5.87. The van der Waals surface area contributed by atoms with Crippen molar-refractivity contribution >= 4 is 22.8 Å². The predicted octanol–water partition coefficient (Wildman–Crippen LogP) is 2.09. The van der Waals surface area contributed by atoms with Crippen molar-refractivity contribution in [3.63, 3.8) is 0 Å². The van der Waals surface area contributed by atoms with E-state index in [1.54, 1.807) is 26.0 Å². The van der Waals surface area contributed by atoms with Gasteiger partial charge in [-0.15, -0.1) is 0 Å². The fourth-order valence-corrected chi connectivity index (χ4v) is 5.87. The molecule has 0 saturated heterocycles. The van der Waals surface area contributed by atoms with Crippen molar-refractivity contribution in [2.45, 2.75) is 70.4 Å². The molecule has 2 unspecified atom stereocenters. The molecule has 4 heterocycles. The van der Waals surface area contributed by atoms with E-state index >= 15 is 0 Å². The van der Waals surface area contributed by atoms with Gasteiger partial charge in [-0.1, -0.05) is 6.92 Å². The molecule has 1 amide bonds. The first-order valence-corrected chi connectivity index (χ1v) is 12.4. The minimum absolute atomic E-state index is 0.0359. The SMILES string of the molecule is CC[C@@]1(O)C(=O)OCc2c1cc1n(c2=O)Cc2c-1nc1ccc(F)c3c1c2C(NC(=O)CCC(C)O)C3. The number of cyclic esters (lactones) is 1. The van der Waals surface area contributed by atoms with Gasteiger partial charge in [0.15, 0.2) is 5.60 Å². The maximum Gasteiger partial charge on any atom is 0.343 e. The molecule has 3 N–H and O–H groups in total. The Morgan fingerprint density at radius 1 is 1.32 bits per heavy atom. The Labute approximate surface area is 210 Å². The van der Waals surface area contributed by atoms with E-state index in [0.29, 0.717) is 39.8 Å². The number of esters is 1. The number of pyridine rings is 2. The Morgan fingerprint density at radius 3 is 2.84 bits per heavy atom. The molecule has 1 aliphatic carbocycles. The minimum Gasteiger partial charge on any atom is -0.458 e. The summed E-state index contributed by atoms with van der Waals surface area (Å²) in [5, 5.41) is 24.3. The second-order valence-electron chi connectivity index (χ2n) is 10.1. The van der Waals surface area contributed by atoms with Crippen molar-refractivity contribution in [2.75, 3.05) is 0 Å². The van der Waals surface area contributed by atoms with Crippen LogP contribution < -0.4 is 10.9 Å². The van der Waals surface area contributed by atoms with E-state index in [1.807, 2.05) is 0 Å². The van der Waals surface area contributed by atoms with Crippen molar-refractivity contribution in [2.24, 2.45) is 0 Å². The van der Waals surface area contributed by atoms with Gasteiger partial charge < -0.3 is 24.8 Å². The van der Waals surface area contributed by atoms with Gasteiger partial charge >= 0.3 is 5.97 Å². The molecular weight excluding hydrogens is 481 g/mol. The molecule has 2 aliphatic heterocycles. The van der Waals surface area contributed by atoms with Crippen LogP contribution in [0.15, 0.2) is 23.0 Å². The molecule has 3 aliphatic rings. The number of rotatable bonds is 5. The molecule has 0 saturated carbocycles. The summed E-state index contributed by atoms with van der Waals surface area (Å²) >= 11 is 0. The van der Waals surface area contributed by atoms with Crippen LogP contribution in [0.1, 0.15) is 67.0 Å². The van der Waals surface area contributed by atoms with E-state index in [9.17, 15) is 29.0 Å². The molecule has 2 aromatic heterocycles. The second-order valence-corrected chi connectivity index (χ2v) is 10.1. The quantitative estimate of drug-likeness (QED) is 0.353. The van der Waals surface area contributed by atoms with Crippen LogP contribution in [0.2, 0.25) is 0 Å². The lowest BCUT2D eigenvalue weighted by atomic mass is 9.86. The van der Waals surface area contributed by atoms with E-state index in [-0.39, 0.29) is 60.8 Å². The van der Waals surface area contributed by atoms with Crippen molar-refractivity contribution in [1.82, 2.24) is 14.9 Å². The zero-order valence-corrected chi connectivity index (χ0v) is 20.4. The fraction of sp³-hybridized carbons (Fsp3) is 0.407. The van der Waals surface area contributed by atoms with Gasteiger partial charge in [-0.05, 0) is 49.1 Å². The van der Waals surface area contributed by atoms with Crippen LogP contribution in [0.4, 0.5) is 4.39 Å². The van der Waals surface area contributed by atoms with Gasteiger partial charge in [0.05, 0.1) is 41.2 Å². The Balaban J connectivity index is 1.53. The summed E-state index contributed by atoms with van der Waals surface area (Å²) < 4.78 is 21.5. The molecule has 9 nitrogen and oxygen atoms in total. The van der Waals surface area contributed by atoms with Crippen molar-refractivity contribution in [1.29, 1.82) is 0 Å². The van der Waals surface area contributed by atoms with E-state index in [0.717, 1.165) is 5.56 Å². The van der Waals surface area contributed by atoms with E-state index < -0.39 is 23.7 Å². The summed E-state index contributed by atoms with van der Waals surface area (Å²) in [5.74, 6) is -1.44. The number of nitrogens with one attached hydrogen (secondary N) is 1. The third-order valence-corrected chi connectivity index (χ3v) is 7.83. The van der Waals surface area contributed by atoms with E-state index in [1.165, 1.54) is 10.6 Å². The van der Waals surface area contributed by atoms with Gasteiger partial charge in [0.2, 0.25) is 5.91 Å². The first-order valence-electron chi connectivity index (χ1n) is 12.4. The van der Waals surface area contributed by atoms with Crippen LogP contribution in [0.3, 0.4) is 0 Å². The molecule has 0 fully saturated rings. The van der Waals surface area contributed by atoms with Crippen LogP contribution in [0.5, 0.6) is 0 Å². The second kappa shape index (κ2) is 8.19.